The summed E-state index contributed by atoms with van der Waals surface area (Å²) < 4.78 is 34.1. The van der Waals surface area contributed by atoms with Gasteiger partial charge < -0.3 is 4.74 Å². The van der Waals surface area contributed by atoms with Crippen molar-refractivity contribution in [2.75, 3.05) is 19.0 Å². The highest BCUT2D eigenvalue weighted by Gasteiger charge is 2.48. The number of rotatable bonds is 8. The molecule has 6 heteroatoms. The fourth-order valence-electron chi connectivity index (χ4n) is 4.35. The van der Waals surface area contributed by atoms with Crippen LogP contribution < -0.4 is 15.9 Å². The Hall–Kier alpha value is -2.04. The Morgan fingerprint density at radius 3 is 1.61 bits per heavy atom. The van der Waals surface area contributed by atoms with Gasteiger partial charge in [-0.05, 0) is 49.2 Å². The molecule has 0 N–H and O–H groups in total. The lowest BCUT2D eigenvalue weighted by Gasteiger charge is -2.30. The average molecular weight is 456 g/mol. The normalized spacial score (nSPS) is 19.4. The molecule has 1 fully saturated rings. The minimum atomic E-state index is -3.47. The summed E-state index contributed by atoms with van der Waals surface area (Å²) in [6, 6.07) is 32.2. The second-order valence-corrected chi connectivity index (χ2v) is 13.1. The molecule has 1 saturated heterocycles. The van der Waals surface area contributed by atoms with Crippen LogP contribution >= 0.6 is 7.26 Å². The Kier molecular flexibility index (Phi) is 6.88. The summed E-state index contributed by atoms with van der Waals surface area (Å²) in [4.78, 5) is 0. The molecule has 0 bridgehead atoms. The molecule has 0 aliphatic carbocycles. The van der Waals surface area contributed by atoms with Crippen LogP contribution in [0, 0.1) is 0 Å². The van der Waals surface area contributed by atoms with Crippen molar-refractivity contribution in [2.24, 2.45) is 0 Å². The summed E-state index contributed by atoms with van der Waals surface area (Å²) in [6.07, 6.45) is 3.51. The molecule has 162 valence electrons. The van der Waals surface area contributed by atoms with E-state index in [9.17, 15) is 8.42 Å². The van der Waals surface area contributed by atoms with Gasteiger partial charge in [0.1, 0.15) is 23.2 Å². The Balaban J connectivity index is 1.71. The van der Waals surface area contributed by atoms with Crippen molar-refractivity contribution in [3.05, 3.63) is 91.0 Å². The second kappa shape index (κ2) is 9.62. The van der Waals surface area contributed by atoms with E-state index in [0.29, 0.717) is 0 Å². The lowest BCUT2D eigenvalue weighted by molar-refractivity contribution is 0.0298. The van der Waals surface area contributed by atoms with Crippen molar-refractivity contribution in [3.8, 4) is 0 Å². The molecule has 1 aliphatic heterocycles. The van der Waals surface area contributed by atoms with Gasteiger partial charge in [-0.3, -0.25) is 4.18 Å². The first-order chi connectivity index (χ1) is 15.0. The molecule has 0 saturated carbocycles. The van der Waals surface area contributed by atoms with E-state index in [2.05, 4.69) is 91.0 Å². The quantitative estimate of drug-likeness (QED) is 0.385. The van der Waals surface area contributed by atoms with E-state index < -0.39 is 17.4 Å². The van der Waals surface area contributed by atoms with Crippen LogP contribution in [0.1, 0.15) is 12.8 Å². The third-order valence-electron chi connectivity index (χ3n) is 5.73. The first kappa shape index (κ1) is 22.2. The molecule has 0 aromatic heterocycles. The van der Waals surface area contributed by atoms with Crippen LogP contribution in [0.2, 0.25) is 0 Å². The lowest BCUT2D eigenvalue weighted by Crippen LogP contribution is -2.37. The molecule has 3 aromatic rings. The highest BCUT2D eigenvalue weighted by atomic mass is 32.2. The molecule has 0 unspecified atom stereocenters. The van der Waals surface area contributed by atoms with Gasteiger partial charge in [-0.2, -0.15) is 8.42 Å². The maximum Gasteiger partial charge on any atom is 0.264 e. The number of hydrogen-bond acceptors (Lipinski definition) is 4. The summed E-state index contributed by atoms with van der Waals surface area (Å²) in [7, 11) is -5.43. The molecular formula is C25H28O4PS+. The molecule has 4 nitrogen and oxygen atoms in total. The first-order valence-corrected chi connectivity index (χ1v) is 14.3. The highest BCUT2D eigenvalue weighted by molar-refractivity contribution is 7.95. The maximum atomic E-state index is 11.4. The Labute approximate surface area is 185 Å². The van der Waals surface area contributed by atoms with Gasteiger partial charge in [0.05, 0.1) is 31.2 Å². The third-order valence-corrected chi connectivity index (χ3v) is 10.8. The van der Waals surface area contributed by atoms with E-state index in [-0.39, 0.29) is 18.8 Å². The second-order valence-electron chi connectivity index (χ2n) is 7.95. The largest absolute Gasteiger partial charge is 0.369 e. The Morgan fingerprint density at radius 1 is 0.774 bits per heavy atom. The fourth-order valence-corrected chi connectivity index (χ4v) is 9.20. The third kappa shape index (κ3) is 5.24. The van der Waals surface area contributed by atoms with Crippen LogP contribution in [0.25, 0.3) is 0 Å². The molecule has 2 atom stereocenters. The zero-order valence-corrected chi connectivity index (χ0v) is 19.3. The predicted octanol–water partition coefficient (Wildman–Crippen LogP) is 3.50. The molecule has 31 heavy (non-hydrogen) atoms. The van der Waals surface area contributed by atoms with Crippen LogP contribution in [-0.4, -0.2) is 39.7 Å². The SMILES string of the molecule is CS(=O)(=O)OC[C@@H]1CC[C@@H](C[P+](c2ccccc2)(c2ccccc2)c2ccccc2)O1. The Bertz CT molecular complexity index is 976. The van der Waals surface area contributed by atoms with Crippen molar-refractivity contribution in [2.45, 2.75) is 25.0 Å². The minimum Gasteiger partial charge on any atom is -0.369 e. The van der Waals surface area contributed by atoms with E-state index in [1.54, 1.807) is 0 Å². The smallest absolute Gasteiger partial charge is 0.264 e. The van der Waals surface area contributed by atoms with Gasteiger partial charge in [0.25, 0.3) is 10.1 Å². The van der Waals surface area contributed by atoms with E-state index in [1.807, 2.05) is 0 Å². The maximum absolute atomic E-state index is 11.4. The summed E-state index contributed by atoms with van der Waals surface area (Å²) >= 11 is 0. The summed E-state index contributed by atoms with van der Waals surface area (Å²) in [6.45, 7) is 0.0861. The topological polar surface area (TPSA) is 52.6 Å². The minimum absolute atomic E-state index is 0.0436. The van der Waals surface area contributed by atoms with Crippen molar-refractivity contribution < 1.29 is 17.3 Å². The van der Waals surface area contributed by atoms with E-state index in [1.165, 1.54) is 15.9 Å². The van der Waals surface area contributed by atoms with Gasteiger partial charge in [0.15, 0.2) is 0 Å². The van der Waals surface area contributed by atoms with Crippen molar-refractivity contribution >= 4 is 33.3 Å². The number of ether oxygens (including phenoxy) is 1. The monoisotopic (exact) mass is 455 g/mol. The molecule has 4 rings (SSSR count). The van der Waals surface area contributed by atoms with Crippen LogP contribution in [0.4, 0.5) is 0 Å². The summed E-state index contributed by atoms with van der Waals surface area (Å²) in [5, 5.41) is 3.98. The summed E-state index contributed by atoms with van der Waals surface area (Å²) in [5.74, 6) is 0. The molecule has 0 amide bonds. The molecule has 3 aromatic carbocycles. The van der Waals surface area contributed by atoms with Crippen LogP contribution in [0.15, 0.2) is 91.0 Å². The standard InChI is InChI=1S/C25H28O4PS/c1-31(26,27)28-19-21-17-18-22(29-21)20-30(23-11-5-2-6-12-23,24-13-7-3-8-14-24)25-15-9-4-10-16-25/h2-16,21-22H,17-20H2,1H3/q+1/t21-,22-/m0/s1. The number of hydrogen-bond donors (Lipinski definition) is 0. The van der Waals surface area contributed by atoms with E-state index in [4.69, 9.17) is 8.92 Å². The van der Waals surface area contributed by atoms with Gasteiger partial charge in [-0.1, -0.05) is 54.6 Å². The van der Waals surface area contributed by atoms with E-state index in [0.717, 1.165) is 25.3 Å². The van der Waals surface area contributed by atoms with Crippen LogP contribution in [0.5, 0.6) is 0 Å². The van der Waals surface area contributed by atoms with Gasteiger partial charge in [-0.15, -0.1) is 0 Å². The van der Waals surface area contributed by atoms with E-state index >= 15 is 0 Å². The van der Waals surface area contributed by atoms with Crippen LogP contribution in [0.3, 0.4) is 0 Å². The molecule has 1 aliphatic rings. The lowest BCUT2D eigenvalue weighted by atomic mass is 10.2. The summed E-state index contributed by atoms with van der Waals surface area (Å²) in [5.41, 5.74) is 0. The van der Waals surface area contributed by atoms with Gasteiger partial charge in [-0.25, -0.2) is 0 Å². The van der Waals surface area contributed by atoms with Gasteiger partial charge in [0, 0.05) is 0 Å². The highest BCUT2D eigenvalue weighted by Crippen LogP contribution is 2.56. The van der Waals surface area contributed by atoms with Crippen molar-refractivity contribution in [1.82, 2.24) is 0 Å². The fraction of sp³-hybridized carbons (Fsp3) is 0.280. The van der Waals surface area contributed by atoms with Gasteiger partial charge in [0.2, 0.25) is 0 Å². The molecule has 0 spiro atoms. The van der Waals surface area contributed by atoms with Crippen molar-refractivity contribution in [1.29, 1.82) is 0 Å². The predicted molar refractivity (Wildman–Crippen MR) is 129 cm³/mol. The average Bonchev–Trinajstić information content (AvgIpc) is 3.25. The van der Waals surface area contributed by atoms with Gasteiger partial charge >= 0.3 is 0 Å². The zero-order chi connectivity index (χ0) is 21.7. The first-order valence-electron chi connectivity index (χ1n) is 10.5. The van der Waals surface area contributed by atoms with Crippen LogP contribution in [-0.2, 0) is 19.0 Å². The molecule has 1 heterocycles. The Morgan fingerprint density at radius 2 is 1.19 bits per heavy atom. The van der Waals surface area contributed by atoms with Crippen molar-refractivity contribution in [3.63, 3.8) is 0 Å². The molecule has 0 radical (unpaired) electrons. The number of benzene rings is 3. The molecular weight excluding hydrogens is 427 g/mol. The zero-order valence-electron chi connectivity index (χ0n) is 17.6.